The van der Waals surface area contributed by atoms with Gasteiger partial charge in [-0.3, -0.25) is 0 Å². The molecule has 0 bridgehead atoms. The number of hydrogen-bond acceptors (Lipinski definition) is 2. The lowest BCUT2D eigenvalue weighted by molar-refractivity contribution is -0.274. The molecule has 2 aromatic carbocycles. The number of para-hydroxylation sites is 1. The van der Waals surface area contributed by atoms with Gasteiger partial charge in [0.1, 0.15) is 5.75 Å². The smallest absolute Gasteiger partial charge is 0.406 e. The molecule has 0 amide bonds. The second-order valence-corrected chi connectivity index (χ2v) is 4.88. The number of nitrogens with one attached hydrogen (secondary N) is 1. The standard InChI is InChI=1S/C14H11BrF3NO/c15-12-6-1-2-7-13(12)19-9-10-4-3-5-11(8-10)20-14(16,17)18/h1-8,19H,9H2. The van der Waals surface area contributed by atoms with E-state index < -0.39 is 6.36 Å². The van der Waals surface area contributed by atoms with Crippen molar-refractivity contribution in [2.45, 2.75) is 12.9 Å². The van der Waals surface area contributed by atoms with Crippen LogP contribution in [0, 0.1) is 0 Å². The molecule has 2 rings (SSSR count). The van der Waals surface area contributed by atoms with E-state index in [1.165, 1.54) is 18.2 Å². The maximum atomic E-state index is 12.1. The van der Waals surface area contributed by atoms with E-state index in [0.717, 1.165) is 10.2 Å². The van der Waals surface area contributed by atoms with Gasteiger partial charge in [-0.25, -0.2) is 0 Å². The molecule has 0 spiro atoms. The normalized spacial score (nSPS) is 11.2. The van der Waals surface area contributed by atoms with Crippen LogP contribution in [0.2, 0.25) is 0 Å². The molecule has 0 aliphatic heterocycles. The number of hydrogen-bond donors (Lipinski definition) is 1. The maximum Gasteiger partial charge on any atom is 0.573 e. The first-order valence-electron chi connectivity index (χ1n) is 5.77. The van der Waals surface area contributed by atoms with Crippen molar-refractivity contribution in [1.82, 2.24) is 0 Å². The van der Waals surface area contributed by atoms with Crippen molar-refractivity contribution in [3.63, 3.8) is 0 Å². The quantitative estimate of drug-likeness (QED) is 0.845. The van der Waals surface area contributed by atoms with Gasteiger partial charge in [-0.05, 0) is 45.8 Å². The number of ether oxygens (including phenoxy) is 1. The summed E-state index contributed by atoms with van der Waals surface area (Å²) in [7, 11) is 0. The summed E-state index contributed by atoms with van der Waals surface area (Å²) in [6, 6.07) is 13.4. The third-order valence-corrected chi connectivity index (χ3v) is 3.18. The molecule has 0 atom stereocenters. The summed E-state index contributed by atoms with van der Waals surface area (Å²) >= 11 is 3.39. The van der Waals surface area contributed by atoms with Crippen LogP contribution in [0.3, 0.4) is 0 Å². The van der Waals surface area contributed by atoms with Crippen LogP contribution in [0.1, 0.15) is 5.56 Å². The fourth-order valence-electron chi connectivity index (χ4n) is 1.65. The van der Waals surface area contributed by atoms with Gasteiger partial charge in [0.25, 0.3) is 0 Å². The molecule has 20 heavy (non-hydrogen) atoms. The highest BCUT2D eigenvalue weighted by Gasteiger charge is 2.31. The predicted molar refractivity (Wildman–Crippen MR) is 74.6 cm³/mol. The van der Waals surface area contributed by atoms with Gasteiger partial charge in [0.2, 0.25) is 0 Å². The second-order valence-electron chi connectivity index (χ2n) is 4.03. The highest BCUT2D eigenvalue weighted by atomic mass is 79.9. The van der Waals surface area contributed by atoms with Crippen LogP contribution in [0.5, 0.6) is 5.75 Å². The average Bonchev–Trinajstić information content (AvgIpc) is 2.36. The van der Waals surface area contributed by atoms with Crippen molar-refractivity contribution < 1.29 is 17.9 Å². The van der Waals surface area contributed by atoms with Crippen LogP contribution in [-0.4, -0.2) is 6.36 Å². The summed E-state index contributed by atoms with van der Waals surface area (Å²) in [6.07, 6.45) is -4.67. The molecule has 1 N–H and O–H groups in total. The van der Waals surface area contributed by atoms with Crippen molar-refractivity contribution >= 4 is 21.6 Å². The second kappa shape index (κ2) is 6.17. The summed E-state index contributed by atoms with van der Waals surface area (Å²) in [6.45, 7) is 0.400. The monoisotopic (exact) mass is 345 g/mol. The highest BCUT2D eigenvalue weighted by Crippen LogP contribution is 2.25. The highest BCUT2D eigenvalue weighted by molar-refractivity contribution is 9.10. The van der Waals surface area contributed by atoms with Gasteiger partial charge in [-0.15, -0.1) is 13.2 Å². The van der Waals surface area contributed by atoms with Crippen LogP contribution < -0.4 is 10.1 Å². The summed E-state index contributed by atoms with van der Waals surface area (Å²) in [5.41, 5.74) is 1.57. The van der Waals surface area contributed by atoms with E-state index in [1.807, 2.05) is 24.3 Å². The van der Waals surface area contributed by atoms with Gasteiger partial charge in [-0.2, -0.15) is 0 Å². The minimum atomic E-state index is -4.67. The van der Waals surface area contributed by atoms with Crippen molar-refractivity contribution in [2.24, 2.45) is 0 Å². The Morgan fingerprint density at radius 3 is 2.50 bits per heavy atom. The third kappa shape index (κ3) is 4.45. The minimum absolute atomic E-state index is 0.219. The fraction of sp³-hybridized carbons (Fsp3) is 0.143. The molecule has 0 radical (unpaired) electrons. The SMILES string of the molecule is FC(F)(F)Oc1cccc(CNc2ccccc2Br)c1. The summed E-state index contributed by atoms with van der Waals surface area (Å²) < 4.78 is 41.2. The first kappa shape index (κ1) is 14.7. The molecule has 0 heterocycles. The molecule has 0 aromatic heterocycles. The number of benzene rings is 2. The predicted octanol–water partition coefficient (Wildman–Crippen LogP) is 4.96. The zero-order valence-electron chi connectivity index (χ0n) is 10.2. The maximum absolute atomic E-state index is 12.1. The Balaban J connectivity index is 2.03. The summed E-state index contributed by atoms with van der Waals surface area (Å²) in [5.74, 6) is -0.219. The van der Waals surface area contributed by atoms with E-state index in [-0.39, 0.29) is 5.75 Å². The van der Waals surface area contributed by atoms with Gasteiger partial charge >= 0.3 is 6.36 Å². The Kier molecular flexibility index (Phi) is 4.54. The van der Waals surface area contributed by atoms with Crippen LogP contribution in [0.4, 0.5) is 18.9 Å². The van der Waals surface area contributed by atoms with Gasteiger partial charge in [0.15, 0.2) is 0 Å². The first-order chi connectivity index (χ1) is 9.44. The third-order valence-electron chi connectivity index (χ3n) is 2.49. The molecule has 0 saturated carbocycles. The van der Waals surface area contributed by atoms with Crippen molar-refractivity contribution in [3.8, 4) is 5.75 Å². The van der Waals surface area contributed by atoms with Crippen molar-refractivity contribution in [2.75, 3.05) is 5.32 Å². The molecular weight excluding hydrogens is 335 g/mol. The van der Waals surface area contributed by atoms with E-state index in [1.54, 1.807) is 6.07 Å². The van der Waals surface area contributed by atoms with Crippen molar-refractivity contribution in [3.05, 3.63) is 58.6 Å². The molecule has 6 heteroatoms. The molecule has 0 saturated heterocycles. The van der Waals surface area contributed by atoms with Gasteiger partial charge in [0.05, 0.1) is 0 Å². The minimum Gasteiger partial charge on any atom is -0.406 e. The largest absolute Gasteiger partial charge is 0.573 e. The van der Waals surface area contributed by atoms with Crippen LogP contribution in [-0.2, 0) is 6.54 Å². The summed E-state index contributed by atoms with van der Waals surface area (Å²) in [4.78, 5) is 0. The number of alkyl halides is 3. The number of rotatable bonds is 4. The van der Waals surface area contributed by atoms with Gasteiger partial charge in [0, 0.05) is 16.7 Å². The van der Waals surface area contributed by atoms with Crippen LogP contribution >= 0.6 is 15.9 Å². The van der Waals surface area contributed by atoms with E-state index >= 15 is 0 Å². The van der Waals surface area contributed by atoms with E-state index in [9.17, 15) is 13.2 Å². The Bertz CT molecular complexity index is 587. The van der Waals surface area contributed by atoms with Crippen LogP contribution in [0.25, 0.3) is 0 Å². The fourth-order valence-corrected chi connectivity index (χ4v) is 2.08. The molecular formula is C14H11BrF3NO. The van der Waals surface area contributed by atoms with Gasteiger partial charge < -0.3 is 10.1 Å². The Labute approximate surface area is 122 Å². The molecule has 0 aliphatic carbocycles. The molecule has 0 unspecified atom stereocenters. The lowest BCUT2D eigenvalue weighted by atomic mass is 10.2. The number of anilines is 1. The zero-order valence-corrected chi connectivity index (χ0v) is 11.8. The molecule has 2 aromatic rings. The Morgan fingerprint density at radius 1 is 1.05 bits per heavy atom. The summed E-state index contributed by atoms with van der Waals surface area (Å²) in [5, 5.41) is 3.14. The zero-order chi connectivity index (χ0) is 14.6. The van der Waals surface area contributed by atoms with Crippen LogP contribution in [0.15, 0.2) is 53.0 Å². The Hall–Kier alpha value is -1.69. The van der Waals surface area contributed by atoms with Crippen molar-refractivity contribution in [1.29, 1.82) is 0 Å². The number of halogens is 4. The average molecular weight is 346 g/mol. The molecule has 2 nitrogen and oxygen atoms in total. The van der Waals surface area contributed by atoms with E-state index in [0.29, 0.717) is 12.1 Å². The molecule has 106 valence electrons. The lowest BCUT2D eigenvalue weighted by Crippen LogP contribution is -2.17. The first-order valence-corrected chi connectivity index (χ1v) is 6.56. The lowest BCUT2D eigenvalue weighted by Gasteiger charge is -2.11. The molecule has 0 fully saturated rings. The van der Waals surface area contributed by atoms with Gasteiger partial charge in [-0.1, -0.05) is 24.3 Å². The Morgan fingerprint density at radius 2 is 1.80 bits per heavy atom. The van der Waals surface area contributed by atoms with E-state index in [4.69, 9.17) is 0 Å². The van der Waals surface area contributed by atoms with E-state index in [2.05, 4.69) is 26.0 Å². The topological polar surface area (TPSA) is 21.3 Å². The molecule has 0 aliphatic rings.